The van der Waals surface area contributed by atoms with Gasteiger partial charge in [-0.05, 0) is 112 Å². The van der Waals surface area contributed by atoms with E-state index in [1.54, 1.807) is 0 Å². The predicted molar refractivity (Wildman–Crippen MR) is 223 cm³/mol. The molecule has 0 saturated carbocycles. The van der Waals surface area contributed by atoms with Gasteiger partial charge in [-0.1, -0.05) is 151 Å². The summed E-state index contributed by atoms with van der Waals surface area (Å²) in [6.45, 7) is 0. The number of anilines is 6. The van der Waals surface area contributed by atoms with Crippen LogP contribution in [-0.2, 0) is 5.41 Å². The van der Waals surface area contributed by atoms with Crippen LogP contribution in [-0.4, -0.2) is 0 Å². The van der Waals surface area contributed by atoms with Crippen molar-refractivity contribution in [2.75, 3.05) is 9.80 Å². The summed E-state index contributed by atoms with van der Waals surface area (Å²) < 4.78 is 0. The van der Waals surface area contributed by atoms with E-state index in [9.17, 15) is 0 Å². The average Bonchev–Trinajstić information content (AvgIpc) is 3.51. The molecule has 0 radical (unpaired) electrons. The summed E-state index contributed by atoms with van der Waals surface area (Å²) in [6, 6.07) is 72.3. The predicted octanol–water partition coefficient (Wildman–Crippen LogP) is 14.3. The first-order valence-corrected chi connectivity index (χ1v) is 18.5. The summed E-state index contributed by atoms with van der Waals surface area (Å²) in [6.07, 6.45) is 0. The molecule has 0 spiro atoms. The first kappa shape index (κ1) is 32.8. The highest BCUT2D eigenvalue weighted by Gasteiger charge is 2.46. The van der Waals surface area contributed by atoms with Gasteiger partial charge in [0.2, 0.25) is 0 Å². The van der Waals surface area contributed by atoms with Crippen LogP contribution in [0.5, 0.6) is 0 Å². The van der Waals surface area contributed by atoms with Crippen LogP contribution in [0.2, 0.25) is 10.0 Å². The standard InChI is InChI=1S/C49H34Cl2N2/c50-37-18-14-16-35(32-37)49(45-28-12-10-26-43(45)44-27-11-13-29-46(44)49)36-17-15-25-41(33-36)53(40-23-8-3-9-24-40)48-31-30-42(34-47(48)51)52(38-19-4-1-5-20-38)39-21-6-2-7-22-39/h1-34H. The first-order valence-electron chi connectivity index (χ1n) is 17.7. The molecule has 1 aliphatic rings. The van der Waals surface area contributed by atoms with Gasteiger partial charge < -0.3 is 9.80 Å². The fourth-order valence-electron chi connectivity index (χ4n) is 8.05. The van der Waals surface area contributed by atoms with Crippen LogP contribution < -0.4 is 9.80 Å². The zero-order valence-corrected chi connectivity index (χ0v) is 30.3. The van der Waals surface area contributed by atoms with Crippen LogP contribution in [0.15, 0.2) is 206 Å². The van der Waals surface area contributed by atoms with E-state index < -0.39 is 5.41 Å². The van der Waals surface area contributed by atoms with Crippen molar-refractivity contribution in [3.8, 4) is 11.1 Å². The van der Waals surface area contributed by atoms with Gasteiger partial charge in [0.05, 0.1) is 16.1 Å². The number of para-hydroxylation sites is 3. The molecule has 0 unspecified atom stereocenters. The Morgan fingerprint density at radius 2 is 0.792 bits per heavy atom. The lowest BCUT2D eigenvalue weighted by atomic mass is 9.67. The smallest absolute Gasteiger partial charge is 0.0714 e. The van der Waals surface area contributed by atoms with E-state index in [1.807, 2.05) is 24.3 Å². The molecular weight excluding hydrogens is 687 g/mol. The SMILES string of the molecule is Clc1cccc(C2(c3cccc(N(c4ccccc4)c4ccc(N(c5ccccc5)c5ccccc5)cc4Cl)c3)c3ccccc3-c3ccccc32)c1. The Labute approximate surface area is 320 Å². The molecule has 53 heavy (non-hydrogen) atoms. The molecule has 0 aromatic heterocycles. The van der Waals surface area contributed by atoms with Gasteiger partial charge in [-0.25, -0.2) is 0 Å². The molecule has 0 saturated heterocycles. The molecule has 0 amide bonds. The third-order valence-electron chi connectivity index (χ3n) is 10.2. The zero-order valence-electron chi connectivity index (χ0n) is 28.8. The molecule has 8 aromatic carbocycles. The minimum atomic E-state index is -0.601. The summed E-state index contributed by atoms with van der Waals surface area (Å²) in [5.74, 6) is 0. The molecule has 8 aromatic rings. The summed E-state index contributed by atoms with van der Waals surface area (Å²) >= 11 is 14.2. The monoisotopic (exact) mass is 720 g/mol. The Hall–Kier alpha value is -6.06. The number of fused-ring (bicyclic) bond motifs is 3. The molecule has 0 heterocycles. The van der Waals surface area contributed by atoms with Crippen molar-refractivity contribution >= 4 is 57.3 Å². The van der Waals surface area contributed by atoms with Crippen LogP contribution in [0.4, 0.5) is 34.1 Å². The lowest BCUT2D eigenvalue weighted by molar-refractivity contribution is 0.768. The maximum atomic E-state index is 7.40. The number of rotatable bonds is 8. The van der Waals surface area contributed by atoms with E-state index >= 15 is 0 Å². The minimum absolute atomic E-state index is 0.601. The van der Waals surface area contributed by atoms with E-state index in [0.717, 1.165) is 45.3 Å². The van der Waals surface area contributed by atoms with E-state index in [2.05, 4.69) is 192 Å². The Morgan fingerprint density at radius 1 is 0.340 bits per heavy atom. The van der Waals surface area contributed by atoms with Gasteiger partial charge >= 0.3 is 0 Å². The van der Waals surface area contributed by atoms with E-state index in [-0.39, 0.29) is 0 Å². The average molecular weight is 722 g/mol. The quantitative estimate of drug-likeness (QED) is 0.154. The highest BCUT2D eigenvalue weighted by Crippen LogP contribution is 2.57. The number of nitrogens with zero attached hydrogens (tertiary/aromatic N) is 2. The second-order valence-corrected chi connectivity index (χ2v) is 14.1. The third-order valence-corrected chi connectivity index (χ3v) is 10.8. The van der Waals surface area contributed by atoms with Crippen molar-refractivity contribution in [1.29, 1.82) is 0 Å². The molecule has 0 atom stereocenters. The summed E-state index contributed by atoms with van der Waals surface area (Å²) in [4.78, 5) is 4.48. The van der Waals surface area contributed by atoms with Crippen molar-refractivity contribution in [1.82, 2.24) is 0 Å². The zero-order chi connectivity index (χ0) is 35.8. The fraction of sp³-hybridized carbons (Fsp3) is 0.0204. The molecule has 254 valence electrons. The van der Waals surface area contributed by atoms with E-state index in [4.69, 9.17) is 23.2 Å². The Kier molecular flexibility index (Phi) is 8.56. The summed E-state index contributed by atoms with van der Waals surface area (Å²) in [5, 5.41) is 1.34. The first-order chi connectivity index (χ1) is 26.1. The van der Waals surface area contributed by atoms with Gasteiger partial charge in [-0.3, -0.25) is 0 Å². The van der Waals surface area contributed by atoms with Crippen molar-refractivity contribution in [2.45, 2.75) is 5.41 Å². The number of benzene rings is 8. The van der Waals surface area contributed by atoms with Gasteiger partial charge in [0.15, 0.2) is 0 Å². The molecule has 2 nitrogen and oxygen atoms in total. The van der Waals surface area contributed by atoms with Crippen LogP contribution >= 0.6 is 23.2 Å². The van der Waals surface area contributed by atoms with Gasteiger partial charge in [-0.2, -0.15) is 0 Å². The van der Waals surface area contributed by atoms with E-state index in [1.165, 1.54) is 22.3 Å². The number of halogens is 2. The molecule has 0 aliphatic heterocycles. The highest BCUT2D eigenvalue weighted by molar-refractivity contribution is 6.34. The van der Waals surface area contributed by atoms with Crippen LogP contribution in [0.3, 0.4) is 0 Å². The maximum absolute atomic E-state index is 7.40. The lowest BCUT2D eigenvalue weighted by Crippen LogP contribution is -2.29. The molecule has 0 N–H and O–H groups in total. The molecule has 0 fully saturated rings. The van der Waals surface area contributed by atoms with Crippen molar-refractivity contribution < 1.29 is 0 Å². The van der Waals surface area contributed by atoms with Crippen molar-refractivity contribution in [3.63, 3.8) is 0 Å². The second-order valence-electron chi connectivity index (χ2n) is 13.2. The van der Waals surface area contributed by atoms with Crippen LogP contribution in [0, 0.1) is 0 Å². The minimum Gasteiger partial charge on any atom is -0.310 e. The Morgan fingerprint density at radius 3 is 1.34 bits per heavy atom. The van der Waals surface area contributed by atoms with Crippen molar-refractivity contribution in [2.24, 2.45) is 0 Å². The highest BCUT2D eigenvalue weighted by atomic mass is 35.5. The van der Waals surface area contributed by atoms with Gasteiger partial charge in [-0.15, -0.1) is 0 Å². The maximum Gasteiger partial charge on any atom is 0.0714 e. The number of hydrogen-bond donors (Lipinski definition) is 0. The van der Waals surface area contributed by atoms with E-state index in [0.29, 0.717) is 10.0 Å². The lowest BCUT2D eigenvalue weighted by Gasteiger charge is -2.35. The fourth-order valence-corrected chi connectivity index (χ4v) is 8.50. The van der Waals surface area contributed by atoms with Crippen LogP contribution in [0.1, 0.15) is 22.3 Å². The molecule has 1 aliphatic carbocycles. The molecule has 0 bridgehead atoms. The largest absolute Gasteiger partial charge is 0.310 e. The normalized spacial score (nSPS) is 12.5. The molecular formula is C49H34Cl2N2. The molecule has 9 rings (SSSR count). The second kappa shape index (κ2) is 13.8. The summed E-state index contributed by atoms with van der Waals surface area (Å²) in [7, 11) is 0. The number of hydrogen-bond acceptors (Lipinski definition) is 2. The Bertz CT molecular complexity index is 2470. The van der Waals surface area contributed by atoms with Gasteiger partial charge in [0.25, 0.3) is 0 Å². The van der Waals surface area contributed by atoms with Crippen molar-refractivity contribution in [3.05, 3.63) is 239 Å². The summed E-state index contributed by atoms with van der Waals surface area (Å²) in [5.41, 5.74) is 12.5. The van der Waals surface area contributed by atoms with Crippen LogP contribution in [0.25, 0.3) is 11.1 Å². The van der Waals surface area contributed by atoms with Gasteiger partial charge in [0.1, 0.15) is 0 Å². The molecule has 4 heteroatoms. The topological polar surface area (TPSA) is 6.48 Å². The van der Waals surface area contributed by atoms with Gasteiger partial charge in [0, 0.05) is 33.5 Å². The Balaban J connectivity index is 1.24. The third kappa shape index (κ3) is 5.68.